The standard InChI is InChI=1S/C15H22N2O3/c16-11-15(7-4-8-19-12-15)20-10-14(18)17-9-13-5-2-1-3-6-13/h1-3,5-6H,4,7-12,16H2,(H,17,18). The second kappa shape index (κ2) is 7.38. The number of rotatable bonds is 6. The summed E-state index contributed by atoms with van der Waals surface area (Å²) in [5.41, 5.74) is 6.32. The largest absolute Gasteiger partial charge is 0.378 e. The minimum atomic E-state index is -0.498. The Morgan fingerprint density at radius 2 is 2.20 bits per heavy atom. The zero-order chi connectivity index (χ0) is 14.3. The van der Waals surface area contributed by atoms with E-state index in [0.717, 1.165) is 25.0 Å². The van der Waals surface area contributed by atoms with Crippen LogP contribution in [0.25, 0.3) is 0 Å². The van der Waals surface area contributed by atoms with E-state index in [1.165, 1.54) is 0 Å². The molecule has 1 amide bonds. The molecule has 1 fully saturated rings. The van der Waals surface area contributed by atoms with Crippen LogP contribution in [0.4, 0.5) is 0 Å². The van der Waals surface area contributed by atoms with Crippen LogP contribution >= 0.6 is 0 Å². The number of hydrogen-bond acceptors (Lipinski definition) is 4. The average Bonchev–Trinajstić information content (AvgIpc) is 2.53. The normalized spacial score (nSPS) is 22.4. The molecule has 5 heteroatoms. The van der Waals surface area contributed by atoms with Crippen LogP contribution in [0.5, 0.6) is 0 Å². The van der Waals surface area contributed by atoms with Gasteiger partial charge >= 0.3 is 0 Å². The first-order valence-electron chi connectivity index (χ1n) is 6.96. The number of hydrogen-bond donors (Lipinski definition) is 2. The third-order valence-corrected chi connectivity index (χ3v) is 3.50. The van der Waals surface area contributed by atoms with E-state index in [0.29, 0.717) is 19.7 Å². The summed E-state index contributed by atoms with van der Waals surface area (Å²) in [4.78, 5) is 11.8. The SMILES string of the molecule is NCC1(OCC(=O)NCc2ccccc2)CCCOC1. The lowest BCUT2D eigenvalue weighted by molar-refractivity contribution is -0.147. The summed E-state index contributed by atoms with van der Waals surface area (Å²) in [6, 6.07) is 9.78. The Labute approximate surface area is 119 Å². The Balaban J connectivity index is 1.74. The van der Waals surface area contributed by atoms with Crippen molar-refractivity contribution in [3.05, 3.63) is 35.9 Å². The van der Waals surface area contributed by atoms with Gasteiger partial charge in [0.05, 0.1) is 6.61 Å². The fourth-order valence-corrected chi connectivity index (χ4v) is 2.23. The molecule has 0 spiro atoms. The van der Waals surface area contributed by atoms with Crippen LogP contribution in [-0.4, -0.2) is 37.9 Å². The Hall–Kier alpha value is -1.43. The molecular formula is C15H22N2O3. The molecule has 1 saturated heterocycles. The predicted octanol–water partition coefficient (Wildman–Crippen LogP) is 0.827. The van der Waals surface area contributed by atoms with Crippen molar-refractivity contribution in [1.82, 2.24) is 5.32 Å². The third-order valence-electron chi connectivity index (χ3n) is 3.50. The molecule has 3 N–H and O–H groups in total. The van der Waals surface area contributed by atoms with Gasteiger partial charge in [0.15, 0.2) is 0 Å². The fraction of sp³-hybridized carbons (Fsp3) is 0.533. The molecule has 1 unspecified atom stereocenters. The van der Waals surface area contributed by atoms with E-state index in [9.17, 15) is 4.79 Å². The molecule has 5 nitrogen and oxygen atoms in total. The maximum absolute atomic E-state index is 11.8. The molecule has 0 bridgehead atoms. The van der Waals surface area contributed by atoms with Gasteiger partial charge in [-0.3, -0.25) is 4.79 Å². The molecule has 1 aliphatic heterocycles. The number of carbonyl (C=O) groups excluding carboxylic acids is 1. The lowest BCUT2D eigenvalue weighted by Crippen LogP contribution is -2.49. The minimum absolute atomic E-state index is 0.0212. The molecule has 1 aromatic rings. The van der Waals surface area contributed by atoms with Crippen LogP contribution in [0.2, 0.25) is 0 Å². The summed E-state index contributed by atoms with van der Waals surface area (Å²) in [5.74, 6) is -0.132. The van der Waals surface area contributed by atoms with Crippen molar-refractivity contribution in [3.8, 4) is 0 Å². The number of benzene rings is 1. The zero-order valence-electron chi connectivity index (χ0n) is 11.6. The highest BCUT2D eigenvalue weighted by Crippen LogP contribution is 2.22. The van der Waals surface area contributed by atoms with E-state index < -0.39 is 5.60 Å². The third kappa shape index (κ3) is 4.30. The maximum atomic E-state index is 11.8. The number of nitrogens with one attached hydrogen (secondary N) is 1. The second-order valence-electron chi connectivity index (χ2n) is 5.09. The first-order chi connectivity index (χ1) is 9.74. The van der Waals surface area contributed by atoms with Gasteiger partial charge in [-0.25, -0.2) is 0 Å². The number of ether oxygens (including phenoxy) is 2. The summed E-state index contributed by atoms with van der Waals surface area (Å²) >= 11 is 0. The minimum Gasteiger partial charge on any atom is -0.378 e. The molecule has 1 aromatic carbocycles. The van der Waals surface area contributed by atoms with E-state index in [4.69, 9.17) is 15.2 Å². The molecule has 2 rings (SSSR count). The summed E-state index contributed by atoms with van der Waals surface area (Å²) in [6.45, 7) is 2.11. The van der Waals surface area contributed by atoms with Gasteiger partial charge in [-0.15, -0.1) is 0 Å². The molecule has 1 aliphatic rings. The van der Waals surface area contributed by atoms with Crippen LogP contribution in [0.15, 0.2) is 30.3 Å². The van der Waals surface area contributed by atoms with E-state index in [2.05, 4.69) is 5.32 Å². The van der Waals surface area contributed by atoms with Gasteiger partial charge in [0.2, 0.25) is 5.91 Å². The zero-order valence-corrected chi connectivity index (χ0v) is 11.6. The molecule has 0 saturated carbocycles. The van der Waals surface area contributed by atoms with Gasteiger partial charge in [-0.2, -0.15) is 0 Å². The number of amides is 1. The molecule has 20 heavy (non-hydrogen) atoms. The van der Waals surface area contributed by atoms with Crippen LogP contribution in [0.3, 0.4) is 0 Å². The fourth-order valence-electron chi connectivity index (χ4n) is 2.23. The summed E-state index contributed by atoms with van der Waals surface area (Å²) in [5, 5.41) is 2.83. The van der Waals surface area contributed by atoms with Crippen LogP contribution in [0, 0.1) is 0 Å². The lowest BCUT2D eigenvalue weighted by Gasteiger charge is -2.35. The average molecular weight is 278 g/mol. The smallest absolute Gasteiger partial charge is 0.246 e. The molecule has 0 radical (unpaired) electrons. The Kier molecular flexibility index (Phi) is 5.52. The topological polar surface area (TPSA) is 73.6 Å². The summed E-state index contributed by atoms with van der Waals surface area (Å²) in [6.07, 6.45) is 1.76. The van der Waals surface area contributed by atoms with Crippen LogP contribution in [-0.2, 0) is 20.8 Å². The molecule has 1 atom stereocenters. The predicted molar refractivity (Wildman–Crippen MR) is 76.1 cm³/mol. The highest BCUT2D eigenvalue weighted by Gasteiger charge is 2.33. The van der Waals surface area contributed by atoms with Crippen molar-refractivity contribution < 1.29 is 14.3 Å². The molecular weight excluding hydrogens is 256 g/mol. The Morgan fingerprint density at radius 3 is 2.85 bits per heavy atom. The van der Waals surface area contributed by atoms with Crippen molar-refractivity contribution in [2.45, 2.75) is 25.0 Å². The van der Waals surface area contributed by atoms with Crippen molar-refractivity contribution >= 4 is 5.91 Å². The van der Waals surface area contributed by atoms with Crippen molar-refractivity contribution in [2.75, 3.05) is 26.4 Å². The van der Waals surface area contributed by atoms with Crippen molar-refractivity contribution in [2.24, 2.45) is 5.73 Å². The quantitative estimate of drug-likeness (QED) is 0.808. The van der Waals surface area contributed by atoms with Crippen molar-refractivity contribution in [3.63, 3.8) is 0 Å². The molecule has 0 aliphatic carbocycles. The molecule has 1 heterocycles. The van der Waals surface area contributed by atoms with E-state index in [-0.39, 0.29) is 12.5 Å². The van der Waals surface area contributed by atoms with E-state index in [1.54, 1.807) is 0 Å². The lowest BCUT2D eigenvalue weighted by atomic mass is 9.96. The highest BCUT2D eigenvalue weighted by molar-refractivity contribution is 5.77. The van der Waals surface area contributed by atoms with Crippen molar-refractivity contribution in [1.29, 1.82) is 0 Å². The van der Waals surface area contributed by atoms with E-state index >= 15 is 0 Å². The molecule has 110 valence electrons. The van der Waals surface area contributed by atoms with Crippen LogP contribution in [0.1, 0.15) is 18.4 Å². The van der Waals surface area contributed by atoms with Gasteiger partial charge in [-0.05, 0) is 18.4 Å². The van der Waals surface area contributed by atoms with Crippen LogP contribution < -0.4 is 11.1 Å². The van der Waals surface area contributed by atoms with Gasteiger partial charge < -0.3 is 20.5 Å². The van der Waals surface area contributed by atoms with Gasteiger partial charge in [0.1, 0.15) is 12.2 Å². The van der Waals surface area contributed by atoms with Gasteiger partial charge in [-0.1, -0.05) is 30.3 Å². The number of nitrogens with two attached hydrogens (primary N) is 1. The number of carbonyl (C=O) groups is 1. The summed E-state index contributed by atoms with van der Waals surface area (Å²) < 4.78 is 11.1. The van der Waals surface area contributed by atoms with E-state index in [1.807, 2.05) is 30.3 Å². The van der Waals surface area contributed by atoms with Gasteiger partial charge in [0.25, 0.3) is 0 Å². The first kappa shape index (κ1) is 15.0. The summed E-state index contributed by atoms with van der Waals surface area (Å²) in [7, 11) is 0. The Morgan fingerprint density at radius 1 is 1.40 bits per heavy atom. The maximum Gasteiger partial charge on any atom is 0.246 e. The Bertz CT molecular complexity index is 416. The second-order valence-corrected chi connectivity index (χ2v) is 5.09. The van der Waals surface area contributed by atoms with Gasteiger partial charge in [0, 0.05) is 19.7 Å². The first-order valence-corrected chi connectivity index (χ1v) is 6.96. The monoisotopic (exact) mass is 278 g/mol. The molecule has 0 aromatic heterocycles. The highest BCUT2D eigenvalue weighted by atomic mass is 16.5.